The first-order valence-electron chi connectivity index (χ1n) is 12.5. The quantitative estimate of drug-likeness (QED) is 0.423. The molecule has 0 bridgehead atoms. The van der Waals surface area contributed by atoms with Gasteiger partial charge in [-0.25, -0.2) is 4.79 Å². The maximum absolute atomic E-state index is 13.6. The summed E-state index contributed by atoms with van der Waals surface area (Å²) in [4.78, 5) is 33.0. The van der Waals surface area contributed by atoms with Crippen LogP contribution in [0.1, 0.15) is 63.9 Å². The molecule has 184 valence electrons. The van der Waals surface area contributed by atoms with Crippen LogP contribution in [0, 0.1) is 17.2 Å². The van der Waals surface area contributed by atoms with Crippen LogP contribution in [-0.2, 0) is 4.79 Å². The lowest BCUT2D eigenvalue weighted by Crippen LogP contribution is -2.56. The van der Waals surface area contributed by atoms with Gasteiger partial charge in [0.15, 0.2) is 0 Å². The van der Waals surface area contributed by atoms with Gasteiger partial charge in [-0.2, -0.15) is 5.26 Å². The fourth-order valence-electron chi connectivity index (χ4n) is 4.78. The Morgan fingerprint density at radius 3 is 2.47 bits per heavy atom. The number of urea groups is 1. The predicted octanol–water partition coefficient (Wildman–Crippen LogP) is 3.20. The highest BCUT2D eigenvalue weighted by Crippen LogP contribution is 2.29. The van der Waals surface area contributed by atoms with Crippen LogP contribution in [0.4, 0.5) is 4.79 Å². The van der Waals surface area contributed by atoms with Crippen LogP contribution < -0.4 is 16.0 Å². The van der Waals surface area contributed by atoms with E-state index in [1.807, 2.05) is 44.3 Å². The molecule has 0 radical (unpaired) electrons. The molecule has 34 heavy (non-hydrogen) atoms. The molecule has 8 nitrogen and oxygen atoms in total. The van der Waals surface area contributed by atoms with Gasteiger partial charge in [-0.1, -0.05) is 62.4 Å². The van der Waals surface area contributed by atoms with Crippen molar-refractivity contribution in [1.82, 2.24) is 20.9 Å². The molecule has 0 spiro atoms. The van der Waals surface area contributed by atoms with Crippen molar-refractivity contribution in [1.29, 1.82) is 5.26 Å². The highest BCUT2D eigenvalue weighted by Gasteiger charge is 2.37. The number of hydrogen-bond donors (Lipinski definition) is 3. The number of piperidine rings is 1. The Morgan fingerprint density at radius 1 is 1.18 bits per heavy atom. The highest BCUT2D eigenvalue weighted by molar-refractivity contribution is 6.08. The Bertz CT molecular complexity index is 880. The number of benzene rings is 1. The second-order valence-electron chi connectivity index (χ2n) is 9.57. The van der Waals surface area contributed by atoms with Crippen LogP contribution in [0.15, 0.2) is 35.3 Å². The van der Waals surface area contributed by atoms with Gasteiger partial charge in [-0.05, 0) is 39.2 Å². The van der Waals surface area contributed by atoms with Crippen LogP contribution >= 0.6 is 0 Å². The first kappa shape index (κ1) is 25.7. The van der Waals surface area contributed by atoms with Crippen LogP contribution in [0.25, 0.3) is 0 Å². The molecule has 1 unspecified atom stereocenters. The van der Waals surface area contributed by atoms with Crippen molar-refractivity contribution < 1.29 is 9.59 Å². The molecule has 1 saturated carbocycles. The molecule has 1 aromatic carbocycles. The molecule has 3 N–H and O–H groups in total. The Labute approximate surface area is 203 Å². The molecule has 2 aliphatic rings. The van der Waals surface area contributed by atoms with Gasteiger partial charge >= 0.3 is 6.03 Å². The number of carbonyl (C=O) groups is 2. The van der Waals surface area contributed by atoms with Crippen molar-refractivity contribution in [2.24, 2.45) is 10.9 Å². The molecule has 8 heteroatoms. The number of likely N-dealkylation sites (tertiary alicyclic amines) is 1. The first-order valence-corrected chi connectivity index (χ1v) is 12.5. The van der Waals surface area contributed by atoms with Crippen molar-refractivity contribution in [3.8, 4) is 6.07 Å². The van der Waals surface area contributed by atoms with Crippen molar-refractivity contribution in [3.63, 3.8) is 0 Å². The van der Waals surface area contributed by atoms with E-state index >= 15 is 0 Å². The van der Waals surface area contributed by atoms with E-state index in [1.165, 1.54) is 19.3 Å². The van der Waals surface area contributed by atoms with Gasteiger partial charge in [-0.3, -0.25) is 15.1 Å². The average Bonchev–Trinajstić information content (AvgIpc) is 2.86. The fourth-order valence-corrected chi connectivity index (χ4v) is 4.78. The summed E-state index contributed by atoms with van der Waals surface area (Å²) in [6.45, 7) is 3.86. The Hall–Kier alpha value is -2.92. The second kappa shape index (κ2) is 12.5. The SMILES string of the molecule is CCNC(=O)NC(=NC(CC1CCCCC1)C(=O)NC1(C#N)CCN(C)CC1)c1ccccc1. The van der Waals surface area contributed by atoms with Crippen molar-refractivity contribution in [3.05, 3.63) is 35.9 Å². The fraction of sp³-hybridized carbons (Fsp3) is 0.615. The molecule has 1 aromatic rings. The number of aliphatic imine (C=N–C) groups is 1. The number of nitrogens with one attached hydrogen (secondary N) is 3. The summed E-state index contributed by atoms with van der Waals surface area (Å²) >= 11 is 0. The summed E-state index contributed by atoms with van der Waals surface area (Å²) in [5, 5.41) is 18.6. The minimum Gasteiger partial charge on any atom is -0.338 e. The van der Waals surface area contributed by atoms with E-state index < -0.39 is 11.6 Å². The maximum Gasteiger partial charge on any atom is 0.320 e. The van der Waals surface area contributed by atoms with Gasteiger partial charge in [0, 0.05) is 25.2 Å². The van der Waals surface area contributed by atoms with Gasteiger partial charge < -0.3 is 15.5 Å². The smallest absolute Gasteiger partial charge is 0.320 e. The highest BCUT2D eigenvalue weighted by atomic mass is 16.2. The third kappa shape index (κ3) is 7.29. The molecule has 1 aliphatic heterocycles. The van der Waals surface area contributed by atoms with E-state index in [2.05, 4.69) is 26.9 Å². The number of nitriles is 1. The summed E-state index contributed by atoms with van der Waals surface area (Å²) < 4.78 is 0. The predicted molar refractivity (Wildman–Crippen MR) is 133 cm³/mol. The minimum absolute atomic E-state index is 0.234. The number of carbonyl (C=O) groups excluding carboxylic acids is 2. The Morgan fingerprint density at radius 2 is 1.85 bits per heavy atom. The summed E-state index contributed by atoms with van der Waals surface area (Å²) in [6.07, 6.45) is 7.52. The number of amides is 3. The Balaban J connectivity index is 1.88. The molecule has 3 rings (SSSR count). The molecule has 2 fully saturated rings. The second-order valence-corrected chi connectivity index (χ2v) is 9.57. The van der Waals surface area contributed by atoms with Gasteiger partial charge in [-0.15, -0.1) is 0 Å². The lowest BCUT2D eigenvalue weighted by molar-refractivity contribution is -0.124. The van der Waals surface area contributed by atoms with E-state index in [-0.39, 0.29) is 11.9 Å². The molecule has 1 saturated heterocycles. The standard InChI is InChI=1S/C26H38N6O2/c1-3-28-25(34)30-23(21-12-8-5-9-13-21)29-22(18-20-10-6-4-7-11-20)24(33)31-26(19-27)14-16-32(2)17-15-26/h5,8-9,12-13,20,22H,3-4,6-7,10-11,14-18H2,1-2H3,(H,31,33)(H2,28,29,30,34). The average molecular weight is 467 g/mol. The van der Waals surface area contributed by atoms with E-state index in [0.29, 0.717) is 37.6 Å². The number of hydrogen-bond acceptors (Lipinski definition) is 5. The van der Waals surface area contributed by atoms with E-state index in [1.54, 1.807) is 0 Å². The zero-order valence-corrected chi connectivity index (χ0v) is 20.5. The maximum atomic E-state index is 13.6. The third-order valence-electron chi connectivity index (χ3n) is 6.90. The molecule has 3 amide bonds. The molecule has 1 aliphatic carbocycles. The molecule has 1 atom stereocenters. The summed E-state index contributed by atoms with van der Waals surface area (Å²) in [5.74, 6) is 0.546. The first-order chi connectivity index (χ1) is 16.4. The number of amidine groups is 1. The van der Waals surface area contributed by atoms with Crippen LogP contribution in [0.5, 0.6) is 0 Å². The third-order valence-corrected chi connectivity index (χ3v) is 6.90. The van der Waals surface area contributed by atoms with Crippen molar-refractivity contribution in [2.75, 3.05) is 26.7 Å². The van der Waals surface area contributed by atoms with Gasteiger partial charge in [0.2, 0.25) is 5.91 Å². The summed E-state index contributed by atoms with van der Waals surface area (Å²) in [7, 11) is 2.03. The molecular formula is C26H38N6O2. The lowest BCUT2D eigenvalue weighted by atomic mass is 9.84. The zero-order valence-electron chi connectivity index (χ0n) is 20.5. The Kier molecular flexibility index (Phi) is 9.46. The normalized spacial score (nSPS) is 20.1. The van der Waals surface area contributed by atoms with Crippen LogP contribution in [0.3, 0.4) is 0 Å². The topological polar surface area (TPSA) is 110 Å². The van der Waals surface area contributed by atoms with Gasteiger partial charge in [0.05, 0.1) is 6.07 Å². The van der Waals surface area contributed by atoms with E-state index in [0.717, 1.165) is 31.5 Å². The van der Waals surface area contributed by atoms with Crippen LogP contribution in [-0.4, -0.2) is 60.9 Å². The molecule has 0 aromatic heterocycles. The van der Waals surface area contributed by atoms with Crippen molar-refractivity contribution >= 4 is 17.8 Å². The monoisotopic (exact) mass is 466 g/mol. The molecule has 1 heterocycles. The lowest BCUT2D eigenvalue weighted by Gasteiger charge is -2.37. The van der Waals surface area contributed by atoms with Gasteiger partial charge in [0.1, 0.15) is 17.4 Å². The zero-order chi connectivity index (χ0) is 24.4. The number of nitrogens with zero attached hydrogens (tertiary/aromatic N) is 3. The van der Waals surface area contributed by atoms with Gasteiger partial charge in [0.25, 0.3) is 0 Å². The van der Waals surface area contributed by atoms with E-state index in [4.69, 9.17) is 4.99 Å². The minimum atomic E-state index is -0.871. The van der Waals surface area contributed by atoms with Crippen molar-refractivity contribution in [2.45, 2.75) is 69.9 Å². The largest absolute Gasteiger partial charge is 0.338 e. The molecular weight excluding hydrogens is 428 g/mol. The van der Waals surface area contributed by atoms with E-state index in [9.17, 15) is 14.9 Å². The van der Waals surface area contributed by atoms with Crippen LogP contribution in [0.2, 0.25) is 0 Å². The summed E-state index contributed by atoms with van der Waals surface area (Å²) in [6, 6.07) is 10.7. The summed E-state index contributed by atoms with van der Waals surface area (Å²) in [5.41, 5.74) is -0.131. The number of rotatable bonds is 7.